The van der Waals surface area contributed by atoms with Crippen LogP contribution in [-0.4, -0.2) is 35.5 Å². The Balaban J connectivity index is 2.23. The second kappa shape index (κ2) is 3.69. The zero-order chi connectivity index (χ0) is 12.0. The number of hydrogen-bond acceptors (Lipinski definition) is 3. The van der Waals surface area contributed by atoms with E-state index in [-0.39, 0.29) is 17.4 Å². The third-order valence-corrected chi connectivity index (χ3v) is 4.57. The Morgan fingerprint density at radius 3 is 2.25 bits per heavy atom. The molecule has 0 radical (unpaired) electrons. The van der Waals surface area contributed by atoms with Crippen LogP contribution in [0.4, 0.5) is 0 Å². The Morgan fingerprint density at radius 1 is 1.25 bits per heavy atom. The molecule has 0 aromatic carbocycles. The maximum absolute atomic E-state index is 10.9. The van der Waals surface area contributed by atoms with Gasteiger partial charge in [-0.15, -0.1) is 0 Å². The third kappa shape index (κ3) is 1.79. The molecule has 2 rings (SSSR count). The van der Waals surface area contributed by atoms with E-state index in [1.165, 1.54) is 6.42 Å². The fourth-order valence-electron chi connectivity index (χ4n) is 3.95. The van der Waals surface area contributed by atoms with Gasteiger partial charge < -0.3 is 15.5 Å². The van der Waals surface area contributed by atoms with Crippen molar-refractivity contribution in [1.82, 2.24) is 5.32 Å². The molecule has 16 heavy (non-hydrogen) atoms. The predicted molar refractivity (Wildman–Crippen MR) is 64.1 cm³/mol. The largest absolute Gasteiger partial charge is 0.396 e. The van der Waals surface area contributed by atoms with E-state index in [9.17, 15) is 10.2 Å². The summed E-state index contributed by atoms with van der Waals surface area (Å²) < 4.78 is 0. The molecule has 0 bridgehead atoms. The molecule has 2 unspecified atom stereocenters. The van der Waals surface area contributed by atoms with Crippen molar-refractivity contribution in [2.45, 2.75) is 45.6 Å². The molecular weight excluding hydrogens is 202 g/mol. The molecule has 1 saturated carbocycles. The molecule has 3 heteroatoms. The summed E-state index contributed by atoms with van der Waals surface area (Å²) in [5.74, 6) is 0.540. The molecule has 3 N–H and O–H groups in total. The van der Waals surface area contributed by atoms with Gasteiger partial charge in [-0.25, -0.2) is 0 Å². The van der Waals surface area contributed by atoms with E-state index >= 15 is 0 Å². The molecule has 0 aromatic rings. The Morgan fingerprint density at radius 2 is 1.88 bits per heavy atom. The minimum atomic E-state index is -0.686. The zero-order valence-corrected chi connectivity index (χ0v) is 10.7. The van der Waals surface area contributed by atoms with Crippen LogP contribution < -0.4 is 5.32 Å². The van der Waals surface area contributed by atoms with Crippen LogP contribution in [0.3, 0.4) is 0 Å². The molecule has 2 aliphatic rings. The summed E-state index contributed by atoms with van der Waals surface area (Å²) in [6, 6.07) is 0. The molecule has 1 saturated heterocycles. The number of hydrogen-bond donors (Lipinski definition) is 3. The topological polar surface area (TPSA) is 52.5 Å². The second-order valence-corrected chi connectivity index (χ2v) is 6.93. The highest BCUT2D eigenvalue weighted by Gasteiger charge is 2.57. The highest BCUT2D eigenvalue weighted by molar-refractivity contribution is 5.10. The van der Waals surface area contributed by atoms with Crippen LogP contribution in [0.25, 0.3) is 0 Å². The molecular formula is C13H25NO2. The number of rotatable bonds is 2. The van der Waals surface area contributed by atoms with Gasteiger partial charge in [-0.1, -0.05) is 20.8 Å². The lowest BCUT2D eigenvalue weighted by Gasteiger charge is -2.58. The van der Waals surface area contributed by atoms with Gasteiger partial charge in [0, 0.05) is 18.5 Å². The van der Waals surface area contributed by atoms with Gasteiger partial charge >= 0.3 is 0 Å². The van der Waals surface area contributed by atoms with Crippen LogP contribution in [0.5, 0.6) is 0 Å². The SMILES string of the molecule is CC1CC(C)(C)CC(O)(C2(CO)CNC2)C1. The molecule has 0 amide bonds. The lowest BCUT2D eigenvalue weighted by atomic mass is 9.55. The fourth-order valence-corrected chi connectivity index (χ4v) is 3.95. The monoisotopic (exact) mass is 227 g/mol. The lowest BCUT2D eigenvalue weighted by Crippen LogP contribution is -2.70. The third-order valence-electron chi connectivity index (χ3n) is 4.57. The molecule has 0 aromatic heterocycles. The van der Waals surface area contributed by atoms with E-state index in [0.717, 1.165) is 25.9 Å². The first-order valence-corrected chi connectivity index (χ1v) is 6.37. The van der Waals surface area contributed by atoms with Crippen LogP contribution in [0.1, 0.15) is 40.0 Å². The first-order chi connectivity index (χ1) is 7.33. The highest BCUT2D eigenvalue weighted by atomic mass is 16.3. The lowest BCUT2D eigenvalue weighted by molar-refractivity contribution is -0.181. The normalized spacial score (nSPS) is 41.4. The van der Waals surface area contributed by atoms with E-state index < -0.39 is 5.60 Å². The Labute approximate surface area is 98.2 Å². The van der Waals surface area contributed by atoms with Crippen molar-refractivity contribution in [3.05, 3.63) is 0 Å². The first-order valence-electron chi connectivity index (χ1n) is 6.37. The van der Waals surface area contributed by atoms with Crippen molar-refractivity contribution in [3.63, 3.8) is 0 Å². The summed E-state index contributed by atoms with van der Waals surface area (Å²) in [5.41, 5.74) is -0.794. The van der Waals surface area contributed by atoms with E-state index in [1.54, 1.807) is 0 Å². The van der Waals surface area contributed by atoms with Gasteiger partial charge in [0.05, 0.1) is 12.2 Å². The van der Waals surface area contributed by atoms with E-state index in [1.807, 2.05) is 0 Å². The van der Waals surface area contributed by atoms with Crippen molar-refractivity contribution in [2.75, 3.05) is 19.7 Å². The number of aliphatic hydroxyl groups excluding tert-OH is 1. The van der Waals surface area contributed by atoms with Gasteiger partial charge in [-0.3, -0.25) is 0 Å². The molecule has 3 nitrogen and oxygen atoms in total. The molecule has 94 valence electrons. The van der Waals surface area contributed by atoms with Crippen LogP contribution in [0.15, 0.2) is 0 Å². The maximum Gasteiger partial charge on any atom is 0.0757 e. The quantitative estimate of drug-likeness (QED) is 0.663. The van der Waals surface area contributed by atoms with Crippen LogP contribution >= 0.6 is 0 Å². The van der Waals surface area contributed by atoms with Gasteiger partial charge in [0.2, 0.25) is 0 Å². The van der Waals surface area contributed by atoms with Crippen LogP contribution in [0.2, 0.25) is 0 Å². The molecule has 2 fully saturated rings. The Bertz CT molecular complexity index is 268. The molecule has 1 aliphatic heterocycles. The molecule has 0 spiro atoms. The standard InChI is InChI=1S/C13H25NO2/c1-10-4-11(2,3)6-13(16,5-10)12(9-15)7-14-8-12/h10,14-16H,4-9H2,1-3H3. The van der Waals surface area contributed by atoms with E-state index in [4.69, 9.17) is 0 Å². The molecule has 2 atom stereocenters. The van der Waals surface area contributed by atoms with Crippen molar-refractivity contribution in [3.8, 4) is 0 Å². The van der Waals surface area contributed by atoms with Gasteiger partial charge in [0.15, 0.2) is 0 Å². The minimum absolute atomic E-state index is 0.0965. The van der Waals surface area contributed by atoms with Gasteiger partial charge in [0.1, 0.15) is 0 Å². The van der Waals surface area contributed by atoms with E-state index in [2.05, 4.69) is 26.1 Å². The number of aliphatic hydroxyl groups is 2. The summed E-state index contributed by atoms with van der Waals surface area (Å²) in [4.78, 5) is 0. The minimum Gasteiger partial charge on any atom is -0.396 e. The average molecular weight is 227 g/mol. The summed E-state index contributed by atoms with van der Waals surface area (Å²) in [7, 11) is 0. The fraction of sp³-hybridized carbons (Fsp3) is 1.00. The molecule has 1 aliphatic carbocycles. The van der Waals surface area contributed by atoms with Crippen LogP contribution in [-0.2, 0) is 0 Å². The Hall–Kier alpha value is -0.120. The second-order valence-electron chi connectivity index (χ2n) is 6.93. The summed E-state index contributed by atoms with van der Waals surface area (Å²) in [5, 5.41) is 23.8. The summed E-state index contributed by atoms with van der Waals surface area (Å²) >= 11 is 0. The summed E-state index contributed by atoms with van der Waals surface area (Å²) in [6.07, 6.45) is 2.81. The van der Waals surface area contributed by atoms with Crippen molar-refractivity contribution >= 4 is 0 Å². The zero-order valence-electron chi connectivity index (χ0n) is 10.7. The first kappa shape index (κ1) is 12.3. The molecule has 1 heterocycles. The van der Waals surface area contributed by atoms with Crippen molar-refractivity contribution in [1.29, 1.82) is 0 Å². The Kier molecular flexibility index (Phi) is 2.84. The average Bonchev–Trinajstić information content (AvgIpc) is 1.95. The van der Waals surface area contributed by atoms with Crippen LogP contribution in [0, 0.1) is 16.7 Å². The summed E-state index contributed by atoms with van der Waals surface area (Å²) in [6.45, 7) is 8.27. The van der Waals surface area contributed by atoms with Gasteiger partial charge in [-0.2, -0.15) is 0 Å². The smallest absolute Gasteiger partial charge is 0.0757 e. The highest BCUT2D eigenvalue weighted by Crippen LogP contribution is 2.52. The maximum atomic E-state index is 10.9. The van der Waals surface area contributed by atoms with Crippen molar-refractivity contribution < 1.29 is 10.2 Å². The number of nitrogens with one attached hydrogen (secondary N) is 1. The van der Waals surface area contributed by atoms with Crippen molar-refractivity contribution in [2.24, 2.45) is 16.7 Å². The predicted octanol–water partition coefficient (Wildman–Crippen LogP) is 1.15. The van der Waals surface area contributed by atoms with Gasteiger partial charge in [0.25, 0.3) is 0 Å². The van der Waals surface area contributed by atoms with E-state index in [0.29, 0.717) is 5.92 Å². The van der Waals surface area contributed by atoms with Gasteiger partial charge in [-0.05, 0) is 30.6 Å².